The fourth-order valence-electron chi connectivity index (χ4n) is 5.55. The maximum Gasteiger partial charge on any atom is 0.414 e. The molecule has 2 aromatic carbocycles. The molecular formula is C28H34N2O2. The number of benzene rings is 2. The van der Waals surface area contributed by atoms with E-state index in [0.29, 0.717) is 12.5 Å². The molecule has 2 aliphatic rings. The molecule has 4 heteroatoms. The summed E-state index contributed by atoms with van der Waals surface area (Å²) in [5.74, 6) is 0.575. The maximum atomic E-state index is 13.2. The van der Waals surface area contributed by atoms with E-state index in [9.17, 15) is 4.79 Å². The normalized spacial score (nSPS) is 17.1. The van der Waals surface area contributed by atoms with Gasteiger partial charge in [-0.05, 0) is 69.7 Å². The SMILES string of the molecule is Cc1ccc2c(C3CCCCC3)c3n(c2c1)CCN(C(=O)OC(C)(C)C)c1ccccc1-3. The molecule has 1 amide bonds. The number of aryl methyl sites for hydroxylation is 1. The topological polar surface area (TPSA) is 34.5 Å². The summed E-state index contributed by atoms with van der Waals surface area (Å²) < 4.78 is 8.26. The number of rotatable bonds is 1. The Morgan fingerprint density at radius 1 is 1.00 bits per heavy atom. The Balaban J connectivity index is 1.73. The highest BCUT2D eigenvalue weighted by Crippen LogP contribution is 2.47. The average Bonchev–Trinajstić information content (AvgIpc) is 2.96. The van der Waals surface area contributed by atoms with E-state index in [4.69, 9.17) is 4.74 Å². The second-order valence-electron chi connectivity index (χ2n) is 10.4. The molecule has 0 radical (unpaired) electrons. The van der Waals surface area contributed by atoms with Crippen molar-refractivity contribution in [3.63, 3.8) is 0 Å². The third-order valence-electron chi connectivity index (χ3n) is 6.88. The fourth-order valence-corrected chi connectivity index (χ4v) is 5.55. The van der Waals surface area contributed by atoms with Gasteiger partial charge in [-0.3, -0.25) is 4.90 Å². The third kappa shape index (κ3) is 3.70. The van der Waals surface area contributed by atoms with Crippen molar-refractivity contribution in [3.05, 3.63) is 53.6 Å². The van der Waals surface area contributed by atoms with Crippen molar-refractivity contribution in [1.82, 2.24) is 4.57 Å². The van der Waals surface area contributed by atoms with Crippen LogP contribution in [-0.2, 0) is 11.3 Å². The van der Waals surface area contributed by atoms with Crippen molar-refractivity contribution < 1.29 is 9.53 Å². The molecule has 3 aromatic rings. The van der Waals surface area contributed by atoms with Crippen molar-refractivity contribution in [2.75, 3.05) is 11.4 Å². The van der Waals surface area contributed by atoms with Crippen LogP contribution in [0, 0.1) is 6.92 Å². The molecule has 0 bridgehead atoms. The molecule has 1 aliphatic carbocycles. The maximum absolute atomic E-state index is 13.2. The average molecular weight is 431 g/mol. The zero-order valence-corrected chi connectivity index (χ0v) is 19.8. The van der Waals surface area contributed by atoms with E-state index < -0.39 is 5.60 Å². The van der Waals surface area contributed by atoms with Gasteiger partial charge < -0.3 is 9.30 Å². The minimum Gasteiger partial charge on any atom is -0.443 e. The number of hydrogen-bond acceptors (Lipinski definition) is 2. The number of aromatic nitrogens is 1. The lowest BCUT2D eigenvalue weighted by Crippen LogP contribution is -2.38. The van der Waals surface area contributed by atoms with Gasteiger partial charge in [0.05, 0.1) is 11.4 Å². The van der Waals surface area contributed by atoms with Crippen molar-refractivity contribution in [3.8, 4) is 11.3 Å². The van der Waals surface area contributed by atoms with Gasteiger partial charge in [-0.2, -0.15) is 0 Å². The van der Waals surface area contributed by atoms with Gasteiger partial charge in [-0.1, -0.05) is 49.6 Å². The van der Waals surface area contributed by atoms with Crippen LogP contribution in [0.4, 0.5) is 10.5 Å². The Morgan fingerprint density at radius 2 is 1.75 bits per heavy atom. The van der Waals surface area contributed by atoms with Crippen LogP contribution < -0.4 is 4.90 Å². The first kappa shape index (κ1) is 21.1. The molecule has 0 atom stereocenters. The second-order valence-corrected chi connectivity index (χ2v) is 10.4. The van der Waals surface area contributed by atoms with Gasteiger partial charge in [0.2, 0.25) is 0 Å². The Hall–Kier alpha value is -2.75. The summed E-state index contributed by atoms with van der Waals surface area (Å²) in [6.45, 7) is 9.30. The van der Waals surface area contributed by atoms with E-state index in [1.165, 1.54) is 59.8 Å². The van der Waals surface area contributed by atoms with E-state index in [2.05, 4.69) is 47.9 Å². The van der Waals surface area contributed by atoms with Gasteiger partial charge in [-0.25, -0.2) is 4.79 Å². The molecule has 4 nitrogen and oxygen atoms in total. The Kier molecular flexibility index (Phi) is 5.27. The molecular weight excluding hydrogens is 396 g/mol. The van der Waals surface area contributed by atoms with Crippen LogP contribution in [-0.4, -0.2) is 22.8 Å². The van der Waals surface area contributed by atoms with Crippen LogP contribution >= 0.6 is 0 Å². The fraction of sp³-hybridized carbons (Fsp3) is 0.464. The number of fused-ring (bicyclic) bond motifs is 5. The zero-order valence-electron chi connectivity index (χ0n) is 19.8. The number of amides is 1. The largest absolute Gasteiger partial charge is 0.443 e. The monoisotopic (exact) mass is 430 g/mol. The predicted molar refractivity (Wildman–Crippen MR) is 132 cm³/mol. The lowest BCUT2D eigenvalue weighted by atomic mass is 9.81. The number of carbonyl (C=O) groups excluding carboxylic acids is 1. The minimum absolute atomic E-state index is 0.268. The van der Waals surface area contributed by atoms with Crippen LogP contribution in [0.25, 0.3) is 22.2 Å². The zero-order chi connectivity index (χ0) is 22.5. The van der Waals surface area contributed by atoms with Crippen molar-refractivity contribution in [1.29, 1.82) is 0 Å². The predicted octanol–water partition coefficient (Wildman–Crippen LogP) is 7.42. The number of anilines is 1. The lowest BCUT2D eigenvalue weighted by Gasteiger charge is -2.28. The van der Waals surface area contributed by atoms with Crippen LogP contribution in [0.2, 0.25) is 0 Å². The van der Waals surface area contributed by atoms with Gasteiger partial charge in [0.1, 0.15) is 5.60 Å². The molecule has 1 fully saturated rings. The lowest BCUT2D eigenvalue weighted by molar-refractivity contribution is 0.0580. The molecule has 1 saturated carbocycles. The van der Waals surface area contributed by atoms with Crippen LogP contribution in [0.1, 0.15) is 69.9 Å². The molecule has 168 valence electrons. The highest BCUT2D eigenvalue weighted by atomic mass is 16.6. The van der Waals surface area contributed by atoms with Crippen LogP contribution in [0.3, 0.4) is 0 Å². The van der Waals surface area contributed by atoms with Gasteiger partial charge in [-0.15, -0.1) is 0 Å². The van der Waals surface area contributed by atoms with Crippen molar-refractivity contribution in [2.24, 2.45) is 0 Å². The number of nitrogens with zero attached hydrogens (tertiary/aromatic N) is 2. The van der Waals surface area contributed by atoms with E-state index >= 15 is 0 Å². The highest BCUT2D eigenvalue weighted by Gasteiger charge is 2.33. The Bertz CT molecular complexity index is 1160. The summed E-state index contributed by atoms with van der Waals surface area (Å²) >= 11 is 0. The van der Waals surface area contributed by atoms with E-state index in [0.717, 1.165) is 17.8 Å². The second kappa shape index (κ2) is 7.99. The summed E-state index contributed by atoms with van der Waals surface area (Å²) in [6, 6.07) is 15.3. The Labute approximate surface area is 191 Å². The molecule has 32 heavy (non-hydrogen) atoms. The molecule has 5 rings (SSSR count). The van der Waals surface area contributed by atoms with Crippen molar-refractivity contribution in [2.45, 2.75) is 77.9 Å². The Morgan fingerprint density at radius 3 is 2.50 bits per heavy atom. The molecule has 1 aromatic heterocycles. The highest BCUT2D eigenvalue weighted by molar-refractivity contribution is 6.00. The van der Waals surface area contributed by atoms with E-state index in [1.54, 1.807) is 0 Å². The molecule has 0 N–H and O–H groups in total. The molecule has 2 heterocycles. The number of carbonyl (C=O) groups is 1. The van der Waals surface area contributed by atoms with E-state index in [1.807, 2.05) is 31.7 Å². The van der Waals surface area contributed by atoms with Gasteiger partial charge in [0.25, 0.3) is 0 Å². The van der Waals surface area contributed by atoms with E-state index in [-0.39, 0.29) is 6.09 Å². The standard InChI is InChI=1S/C28H34N2O2/c1-19-14-15-21-24(18-19)29-16-17-30(27(31)32-28(2,3)4)23-13-9-8-12-22(23)26(29)25(21)20-10-6-5-7-11-20/h8-9,12-15,18,20H,5-7,10-11,16-17H2,1-4H3. The summed E-state index contributed by atoms with van der Waals surface area (Å²) in [7, 11) is 0. The van der Waals surface area contributed by atoms with Gasteiger partial charge >= 0.3 is 6.09 Å². The van der Waals surface area contributed by atoms with Crippen LogP contribution in [0.15, 0.2) is 42.5 Å². The molecule has 0 saturated heterocycles. The first-order valence-corrected chi connectivity index (χ1v) is 12.1. The van der Waals surface area contributed by atoms with Gasteiger partial charge in [0.15, 0.2) is 0 Å². The number of para-hydroxylation sites is 1. The molecule has 1 aliphatic heterocycles. The summed E-state index contributed by atoms with van der Waals surface area (Å²) in [6.07, 6.45) is 6.17. The minimum atomic E-state index is -0.523. The molecule has 0 spiro atoms. The number of ether oxygens (including phenoxy) is 1. The van der Waals surface area contributed by atoms with Crippen LogP contribution in [0.5, 0.6) is 0 Å². The first-order valence-electron chi connectivity index (χ1n) is 12.1. The summed E-state index contributed by atoms with van der Waals surface area (Å²) in [5, 5.41) is 1.39. The third-order valence-corrected chi connectivity index (χ3v) is 6.88. The quantitative estimate of drug-likeness (QED) is 0.402. The van der Waals surface area contributed by atoms with Gasteiger partial charge in [0, 0.05) is 29.6 Å². The summed E-state index contributed by atoms with van der Waals surface area (Å²) in [4.78, 5) is 15.0. The smallest absolute Gasteiger partial charge is 0.414 e. The molecule has 0 unspecified atom stereocenters. The van der Waals surface area contributed by atoms with Crippen molar-refractivity contribution >= 4 is 22.7 Å². The first-order chi connectivity index (χ1) is 15.3. The summed E-state index contributed by atoms with van der Waals surface area (Å²) in [5.41, 5.74) is 6.93. The number of hydrogen-bond donors (Lipinski definition) is 0.